The van der Waals surface area contributed by atoms with Gasteiger partial charge < -0.3 is 4.90 Å². The molecule has 4 heteroatoms. The van der Waals surface area contributed by atoms with Gasteiger partial charge in [-0.05, 0) is 30.5 Å². The van der Waals surface area contributed by atoms with Gasteiger partial charge in [-0.15, -0.1) is 0 Å². The van der Waals surface area contributed by atoms with Crippen LogP contribution in [0.2, 0.25) is 10.0 Å². The molecule has 1 saturated heterocycles. The zero-order valence-electron chi connectivity index (χ0n) is 9.04. The number of rotatable bonds is 1. The van der Waals surface area contributed by atoms with Crippen molar-refractivity contribution in [2.45, 2.75) is 25.8 Å². The van der Waals surface area contributed by atoms with Crippen molar-refractivity contribution in [2.75, 3.05) is 6.54 Å². The molecule has 1 aromatic rings. The molecule has 1 aromatic carbocycles. The van der Waals surface area contributed by atoms with Crippen LogP contribution in [0.15, 0.2) is 18.2 Å². The van der Waals surface area contributed by atoms with Crippen LogP contribution >= 0.6 is 23.2 Å². The molecular formula is C12H13Cl2NO. The van der Waals surface area contributed by atoms with Gasteiger partial charge in [0.1, 0.15) is 0 Å². The first kappa shape index (κ1) is 11.7. The van der Waals surface area contributed by atoms with Gasteiger partial charge in [0.2, 0.25) is 5.91 Å². The Morgan fingerprint density at radius 1 is 1.38 bits per heavy atom. The smallest absolute Gasteiger partial charge is 0.219 e. The molecule has 0 N–H and O–H groups in total. The van der Waals surface area contributed by atoms with Gasteiger partial charge in [-0.3, -0.25) is 4.79 Å². The van der Waals surface area contributed by atoms with Crippen LogP contribution < -0.4 is 0 Å². The zero-order valence-corrected chi connectivity index (χ0v) is 10.6. The summed E-state index contributed by atoms with van der Waals surface area (Å²) in [5, 5.41) is 1.10. The van der Waals surface area contributed by atoms with Crippen LogP contribution in [0.25, 0.3) is 0 Å². The van der Waals surface area contributed by atoms with E-state index in [0.29, 0.717) is 10.0 Å². The van der Waals surface area contributed by atoms with E-state index in [1.807, 2.05) is 17.0 Å². The number of likely N-dealkylation sites (tertiary alicyclic amines) is 1. The Morgan fingerprint density at radius 3 is 2.75 bits per heavy atom. The van der Waals surface area contributed by atoms with Crippen molar-refractivity contribution in [2.24, 2.45) is 0 Å². The zero-order chi connectivity index (χ0) is 11.7. The third kappa shape index (κ3) is 2.18. The van der Waals surface area contributed by atoms with Gasteiger partial charge >= 0.3 is 0 Å². The van der Waals surface area contributed by atoms with E-state index in [9.17, 15) is 4.79 Å². The lowest BCUT2D eigenvalue weighted by molar-refractivity contribution is -0.129. The van der Waals surface area contributed by atoms with Crippen LogP contribution in [0.3, 0.4) is 0 Å². The van der Waals surface area contributed by atoms with Crippen LogP contribution in [0.4, 0.5) is 0 Å². The van der Waals surface area contributed by atoms with Crippen LogP contribution in [-0.4, -0.2) is 17.4 Å². The quantitative estimate of drug-likeness (QED) is 0.752. The van der Waals surface area contributed by atoms with Gasteiger partial charge in [-0.25, -0.2) is 0 Å². The van der Waals surface area contributed by atoms with Crippen molar-refractivity contribution >= 4 is 29.1 Å². The Balaban J connectivity index is 2.29. The number of nitrogens with zero attached hydrogens (tertiary/aromatic N) is 1. The second kappa shape index (κ2) is 4.64. The van der Waals surface area contributed by atoms with Crippen LogP contribution in [0, 0.1) is 0 Å². The first-order valence-corrected chi connectivity index (χ1v) is 6.07. The molecule has 0 radical (unpaired) electrons. The number of carbonyl (C=O) groups is 1. The monoisotopic (exact) mass is 257 g/mol. The molecule has 2 nitrogen and oxygen atoms in total. The van der Waals surface area contributed by atoms with Crippen LogP contribution in [-0.2, 0) is 4.79 Å². The second-order valence-electron chi connectivity index (χ2n) is 4.04. The molecule has 0 aromatic heterocycles. The number of benzene rings is 1. The van der Waals surface area contributed by atoms with Gasteiger partial charge in [-0.1, -0.05) is 29.3 Å². The summed E-state index contributed by atoms with van der Waals surface area (Å²) in [6.07, 6.45) is 2.04. The summed E-state index contributed by atoms with van der Waals surface area (Å²) < 4.78 is 0. The summed E-state index contributed by atoms with van der Waals surface area (Å²) in [5.74, 6) is 0.119. The maximum Gasteiger partial charge on any atom is 0.219 e. The van der Waals surface area contributed by atoms with Gasteiger partial charge in [-0.2, -0.15) is 0 Å². The van der Waals surface area contributed by atoms with Crippen molar-refractivity contribution in [1.82, 2.24) is 4.90 Å². The number of hydrogen-bond acceptors (Lipinski definition) is 1. The fourth-order valence-electron chi connectivity index (χ4n) is 2.21. The highest BCUT2D eigenvalue weighted by Crippen LogP contribution is 2.34. The van der Waals surface area contributed by atoms with E-state index in [4.69, 9.17) is 23.2 Å². The molecule has 1 heterocycles. The Hall–Kier alpha value is -0.730. The third-order valence-corrected chi connectivity index (χ3v) is 3.72. The van der Waals surface area contributed by atoms with E-state index >= 15 is 0 Å². The topological polar surface area (TPSA) is 20.3 Å². The predicted octanol–water partition coefficient (Wildman–Crippen LogP) is 3.68. The fourth-order valence-corrected chi connectivity index (χ4v) is 2.52. The molecule has 0 bridgehead atoms. The first-order chi connectivity index (χ1) is 7.59. The van der Waals surface area contributed by atoms with Crippen molar-refractivity contribution in [3.8, 4) is 0 Å². The molecule has 2 rings (SSSR count). The molecule has 0 aliphatic carbocycles. The van der Waals surface area contributed by atoms with Gasteiger partial charge in [0.15, 0.2) is 0 Å². The second-order valence-corrected chi connectivity index (χ2v) is 4.86. The summed E-state index contributed by atoms with van der Waals surface area (Å²) in [4.78, 5) is 13.3. The Bertz CT molecular complexity index is 419. The average Bonchev–Trinajstić information content (AvgIpc) is 2.71. The molecule has 1 fully saturated rings. The maximum atomic E-state index is 11.4. The minimum atomic E-state index is 0.119. The van der Waals surface area contributed by atoms with Crippen molar-refractivity contribution < 1.29 is 4.79 Å². The van der Waals surface area contributed by atoms with E-state index in [-0.39, 0.29) is 11.9 Å². The Labute approximate surface area is 105 Å². The van der Waals surface area contributed by atoms with Crippen molar-refractivity contribution in [3.63, 3.8) is 0 Å². The first-order valence-electron chi connectivity index (χ1n) is 5.32. The highest BCUT2D eigenvalue weighted by molar-refractivity contribution is 6.42. The molecule has 0 spiro atoms. The van der Waals surface area contributed by atoms with Gasteiger partial charge in [0, 0.05) is 13.5 Å². The molecule has 1 atom stereocenters. The minimum absolute atomic E-state index is 0.119. The molecule has 86 valence electrons. The highest BCUT2D eigenvalue weighted by atomic mass is 35.5. The molecule has 1 aliphatic heterocycles. The number of carbonyl (C=O) groups excluding carboxylic acids is 1. The lowest BCUT2D eigenvalue weighted by Crippen LogP contribution is -2.27. The number of hydrogen-bond donors (Lipinski definition) is 0. The Morgan fingerprint density at radius 2 is 2.12 bits per heavy atom. The predicted molar refractivity (Wildman–Crippen MR) is 65.8 cm³/mol. The summed E-state index contributed by atoms with van der Waals surface area (Å²) >= 11 is 11.9. The van der Waals surface area contributed by atoms with E-state index in [1.165, 1.54) is 0 Å². The third-order valence-electron chi connectivity index (χ3n) is 2.99. The number of halogens is 2. The van der Waals surface area contributed by atoms with Gasteiger partial charge in [0.25, 0.3) is 0 Å². The van der Waals surface area contributed by atoms with E-state index in [1.54, 1.807) is 13.0 Å². The molecule has 16 heavy (non-hydrogen) atoms. The average molecular weight is 258 g/mol. The normalized spacial score (nSPS) is 20.2. The van der Waals surface area contributed by atoms with Crippen LogP contribution in [0.5, 0.6) is 0 Å². The Kier molecular flexibility index (Phi) is 3.41. The molecule has 1 amide bonds. The van der Waals surface area contributed by atoms with E-state index in [0.717, 1.165) is 24.9 Å². The van der Waals surface area contributed by atoms with Crippen LogP contribution in [0.1, 0.15) is 31.4 Å². The molecule has 1 aliphatic rings. The van der Waals surface area contributed by atoms with E-state index in [2.05, 4.69) is 0 Å². The molecule has 0 saturated carbocycles. The lowest BCUT2D eigenvalue weighted by Gasteiger charge is -2.23. The summed E-state index contributed by atoms with van der Waals surface area (Å²) in [7, 11) is 0. The highest BCUT2D eigenvalue weighted by Gasteiger charge is 2.27. The standard InChI is InChI=1S/C12H13Cl2NO/c1-8(16)15-6-2-3-12(15)9-4-5-10(13)11(14)7-9/h4-5,7,12H,2-3,6H2,1H3. The van der Waals surface area contributed by atoms with Crippen molar-refractivity contribution in [3.05, 3.63) is 33.8 Å². The van der Waals surface area contributed by atoms with E-state index < -0.39 is 0 Å². The molecular weight excluding hydrogens is 245 g/mol. The summed E-state index contributed by atoms with van der Waals surface area (Å²) in [6, 6.07) is 5.75. The fraction of sp³-hybridized carbons (Fsp3) is 0.417. The lowest BCUT2D eigenvalue weighted by atomic mass is 10.0. The number of amides is 1. The SMILES string of the molecule is CC(=O)N1CCCC1c1ccc(Cl)c(Cl)c1. The minimum Gasteiger partial charge on any atom is -0.336 e. The maximum absolute atomic E-state index is 11.4. The van der Waals surface area contributed by atoms with Gasteiger partial charge in [0.05, 0.1) is 16.1 Å². The summed E-state index contributed by atoms with van der Waals surface area (Å²) in [5.41, 5.74) is 1.07. The van der Waals surface area contributed by atoms with Crippen molar-refractivity contribution in [1.29, 1.82) is 0 Å². The largest absolute Gasteiger partial charge is 0.336 e. The molecule has 1 unspecified atom stereocenters. The summed E-state index contributed by atoms with van der Waals surface area (Å²) in [6.45, 7) is 2.44.